The number of methoxy groups -OCH3 is 3. The Bertz CT molecular complexity index is 984. The van der Waals surface area contributed by atoms with Gasteiger partial charge in [0, 0.05) is 30.0 Å². The molecule has 1 heterocycles. The highest BCUT2D eigenvalue weighted by Crippen LogP contribution is 2.47. The summed E-state index contributed by atoms with van der Waals surface area (Å²) in [6.07, 6.45) is 0. The summed E-state index contributed by atoms with van der Waals surface area (Å²) in [6.45, 7) is 0.173. The molecule has 0 spiro atoms. The Hall–Kier alpha value is -2.04. The first-order chi connectivity index (χ1) is 13.3. The second-order valence-electron chi connectivity index (χ2n) is 5.86. The van der Waals surface area contributed by atoms with Gasteiger partial charge in [0.05, 0.1) is 26.7 Å². The van der Waals surface area contributed by atoms with Gasteiger partial charge in [0.25, 0.3) is 0 Å². The standard InChI is InChI=1S/C18H19F2NO5S2/c1-24-14-10-16(26-3)15(25-2)9-12(14)18-21(6-7-27-18)28(22,23)17-5-4-11(19)8-13(17)20/h4-5,8-10,18H,6-7H2,1-3H3. The van der Waals surface area contributed by atoms with Crippen LogP contribution in [0, 0.1) is 11.6 Å². The van der Waals surface area contributed by atoms with Crippen LogP contribution in [0.15, 0.2) is 35.2 Å². The number of hydrogen-bond acceptors (Lipinski definition) is 6. The van der Waals surface area contributed by atoms with Gasteiger partial charge in [-0.1, -0.05) is 0 Å². The van der Waals surface area contributed by atoms with Crippen LogP contribution in [0.25, 0.3) is 0 Å². The van der Waals surface area contributed by atoms with Crippen LogP contribution in [-0.4, -0.2) is 46.4 Å². The number of halogens is 2. The van der Waals surface area contributed by atoms with Crippen molar-refractivity contribution in [2.75, 3.05) is 33.6 Å². The normalized spacial score (nSPS) is 17.5. The van der Waals surface area contributed by atoms with Crippen molar-refractivity contribution in [3.05, 3.63) is 47.5 Å². The predicted molar refractivity (Wildman–Crippen MR) is 102 cm³/mol. The minimum absolute atomic E-state index is 0.173. The lowest BCUT2D eigenvalue weighted by Crippen LogP contribution is -2.31. The van der Waals surface area contributed by atoms with Crippen LogP contribution in [0.1, 0.15) is 10.9 Å². The summed E-state index contributed by atoms with van der Waals surface area (Å²) in [5.41, 5.74) is 0.550. The highest BCUT2D eigenvalue weighted by molar-refractivity contribution is 8.01. The Labute approximate surface area is 166 Å². The van der Waals surface area contributed by atoms with Crippen LogP contribution >= 0.6 is 11.8 Å². The monoisotopic (exact) mass is 431 g/mol. The quantitative estimate of drug-likeness (QED) is 0.698. The van der Waals surface area contributed by atoms with Crippen molar-refractivity contribution < 1.29 is 31.4 Å². The van der Waals surface area contributed by atoms with Crippen molar-refractivity contribution in [2.24, 2.45) is 0 Å². The van der Waals surface area contributed by atoms with Gasteiger partial charge in [0.2, 0.25) is 10.0 Å². The molecule has 0 amide bonds. The number of nitrogens with zero attached hydrogens (tertiary/aromatic N) is 1. The lowest BCUT2D eigenvalue weighted by Gasteiger charge is -2.25. The van der Waals surface area contributed by atoms with Crippen LogP contribution in [0.2, 0.25) is 0 Å². The number of thioether (sulfide) groups is 1. The summed E-state index contributed by atoms with van der Waals surface area (Å²) in [5.74, 6) is -0.206. The molecule has 1 saturated heterocycles. The van der Waals surface area contributed by atoms with Crippen LogP contribution in [0.4, 0.5) is 8.78 Å². The molecule has 152 valence electrons. The molecule has 3 rings (SSSR count). The first kappa shape index (κ1) is 20.7. The molecule has 0 aliphatic carbocycles. The molecule has 1 fully saturated rings. The first-order valence-electron chi connectivity index (χ1n) is 8.22. The topological polar surface area (TPSA) is 65.1 Å². The Morgan fingerprint density at radius 1 is 1.00 bits per heavy atom. The van der Waals surface area contributed by atoms with Gasteiger partial charge < -0.3 is 14.2 Å². The molecule has 0 saturated carbocycles. The van der Waals surface area contributed by atoms with Gasteiger partial charge in [-0.25, -0.2) is 17.2 Å². The summed E-state index contributed by atoms with van der Waals surface area (Å²) < 4.78 is 70.7. The number of rotatable bonds is 6. The van der Waals surface area contributed by atoms with Crippen LogP contribution in [-0.2, 0) is 10.0 Å². The minimum Gasteiger partial charge on any atom is -0.496 e. The van der Waals surface area contributed by atoms with Crippen molar-refractivity contribution in [1.29, 1.82) is 0 Å². The largest absolute Gasteiger partial charge is 0.496 e. The maximum atomic E-state index is 14.2. The van der Waals surface area contributed by atoms with Crippen LogP contribution in [0.3, 0.4) is 0 Å². The van der Waals surface area contributed by atoms with Gasteiger partial charge in [0.15, 0.2) is 11.5 Å². The summed E-state index contributed by atoms with van der Waals surface area (Å²) in [6, 6.07) is 5.67. The van der Waals surface area contributed by atoms with E-state index in [-0.39, 0.29) is 6.54 Å². The SMILES string of the molecule is COc1cc(OC)c(C2SCCN2S(=O)(=O)c2ccc(F)cc2F)cc1OC. The average Bonchev–Trinajstić information content (AvgIpc) is 3.17. The molecule has 1 unspecified atom stereocenters. The van der Waals surface area contributed by atoms with E-state index in [1.54, 1.807) is 12.1 Å². The maximum absolute atomic E-state index is 14.2. The molecule has 10 heteroatoms. The summed E-state index contributed by atoms with van der Waals surface area (Å²) in [7, 11) is 0.213. The Kier molecular flexibility index (Phi) is 6.01. The van der Waals surface area contributed by atoms with E-state index in [0.717, 1.165) is 12.1 Å². The Morgan fingerprint density at radius 2 is 1.64 bits per heavy atom. The molecule has 0 radical (unpaired) electrons. The van der Waals surface area contributed by atoms with Gasteiger partial charge in [0.1, 0.15) is 22.3 Å². The Balaban J connectivity index is 2.08. The van der Waals surface area contributed by atoms with E-state index < -0.39 is 31.9 Å². The zero-order chi connectivity index (χ0) is 20.5. The van der Waals surface area contributed by atoms with E-state index in [9.17, 15) is 17.2 Å². The number of benzene rings is 2. The van der Waals surface area contributed by atoms with Gasteiger partial charge in [-0.3, -0.25) is 0 Å². The lowest BCUT2D eigenvalue weighted by atomic mass is 10.1. The van der Waals surface area contributed by atoms with Gasteiger partial charge >= 0.3 is 0 Å². The van der Waals surface area contributed by atoms with Crippen molar-refractivity contribution in [3.8, 4) is 17.2 Å². The van der Waals surface area contributed by atoms with Gasteiger partial charge in [-0.15, -0.1) is 11.8 Å². The van der Waals surface area contributed by atoms with E-state index in [4.69, 9.17) is 14.2 Å². The molecule has 2 aromatic carbocycles. The third kappa shape index (κ3) is 3.63. The number of sulfonamides is 1. The van der Waals surface area contributed by atoms with Crippen molar-refractivity contribution >= 4 is 21.8 Å². The zero-order valence-electron chi connectivity index (χ0n) is 15.4. The molecule has 0 aromatic heterocycles. The average molecular weight is 431 g/mol. The Morgan fingerprint density at radius 3 is 2.25 bits per heavy atom. The molecule has 0 bridgehead atoms. The molecule has 6 nitrogen and oxygen atoms in total. The van der Waals surface area contributed by atoms with Crippen LogP contribution in [0.5, 0.6) is 17.2 Å². The smallest absolute Gasteiger partial charge is 0.247 e. The minimum atomic E-state index is -4.20. The van der Waals surface area contributed by atoms with Crippen molar-refractivity contribution in [3.63, 3.8) is 0 Å². The molecular weight excluding hydrogens is 412 g/mol. The fourth-order valence-corrected chi connectivity index (χ4v) is 6.30. The second kappa shape index (κ2) is 8.14. The van der Waals surface area contributed by atoms with E-state index in [0.29, 0.717) is 34.6 Å². The third-order valence-corrected chi connectivity index (χ3v) is 7.61. The summed E-state index contributed by atoms with van der Waals surface area (Å²) in [5, 5.41) is -0.663. The zero-order valence-corrected chi connectivity index (χ0v) is 17.1. The third-order valence-electron chi connectivity index (χ3n) is 4.33. The lowest BCUT2D eigenvalue weighted by molar-refractivity contribution is 0.344. The summed E-state index contributed by atoms with van der Waals surface area (Å²) >= 11 is 1.37. The predicted octanol–water partition coefficient (Wildman–Crippen LogP) is 3.43. The molecule has 1 aliphatic heterocycles. The van der Waals surface area contributed by atoms with Gasteiger partial charge in [-0.05, 0) is 18.2 Å². The fourth-order valence-electron chi connectivity index (χ4n) is 3.00. The van der Waals surface area contributed by atoms with E-state index in [1.807, 2.05) is 0 Å². The van der Waals surface area contributed by atoms with E-state index in [1.165, 1.54) is 37.4 Å². The highest BCUT2D eigenvalue weighted by Gasteiger charge is 2.40. The second-order valence-corrected chi connectivity index (χ2v) is 8.91. The maximum Gasteiger partial charge on any atom is 0.247 e. The van der Waals surface area contributed by atoms with Gasteiger partial charge in [-0.2, -0.15) is 4.31 Å². The molecular formula is C18H19F2NO5S2. The molecule has 1 aliphatic rings. The molecule has 0 N–H and O–H groups in total. The molecule has 28 heavy (non-hydrogen) atoms. The fraction of sp³-hybridized carbons (Fsp3) is 0.333. The first-order valence-corrected chi connectivity index (χ1v) is 10.7. The van der Waals surface area contributed by atoms with E-state index in [2.05, 4.69) is 0 Å². The summed E-state index contributed by atoms with van der Waals surface area (Å²) in [4.78, 5) is -0.569. The van der Waals surface area contributed by atoms with Crippen molar-refractivity contribution in [2.45, 2.75) is 10.3 Å². The van der Waals surface area contributed by atoms with E-state index >= 15 is 0 Å². The number of ether oxygens (including phenoxy) is 3. The molecule has 1 atom stereocenters. The highest BCUT2D eigenvalue weighted by atomic mass is 32.2. The number of hydrogen-bond donors (Lipinski definition) is 0. The van der Waals surface area contributed by atoms with Crippen molar-refractivity contribution in [1.82, 2.24) is 4.31 Å². The van der Waals surface area contributed by atoms with Crippen LogP contribution < -0.4 is 14.2 Å². The molecule has 2 aromatic rings.